The number of halogens is 1. The maximum atomic E-state index is 14.0. The zero-order chi connectivity index (χ0) is 29.6. The van der Waals surface area contributed by atoms with Gasteiger partial charge in [-0.1, -0.05) is 55.8 Å². The van der Waals surface area contributed by atoms with Crippen LogP contribution in [-0.4, -0.2) is 44.3 Å². The lowest BCUT2D eigenvalue weighted by atomic mass is 10.1. The average molecular weight is 568 g/mol. The van der Waals surface area contributed by atoms with E-state index in [1.807, 2.05) is 39.8 Å². The minimum absolute atomic E-state index is 0.000593. The number of sulfonamides is 1. The Bertz CT molecular complexity index is 1440. The summed E-state index contributed by atoms with van der Waals surface area (Å²) in [5, 5.41) is 2.85. The van der Waals surface area contributed by atoms with E-state index in [4.69, 9.17) is 0 Å². The summed E-state index contributed by atoms with van der Waals surface area (Å²) in [5.41, 5.74) is 3.41. The number of amides is 2. The summed E-state index contributed by atoms with van der Waals surface area (Å²) in [7, 11) is -4.15. The van der Waals surface area contributed by atoms with Crippen molar-refractivity contribution in [1.82, 2.24) is 10.2 Å². The second kappa shape index (κ2) is 13.1. The van der Waals surface area contributed by atoms with Crippen molar-refractivity contribution in [2.45, 2.75) is 59.0 Å². The fourth-order valence-electron chi connectivity index (χ4n) is 4.16. The van der Waals surface area contributed by atoms with Crippen molar-refractivity contribution in [3.8, 4) is 0 Å². The molecule has 1 N–H and O–H groups in total. The highest BCUT2D eigenvalue weighted by Crippen LogP contribution is 2.28. The van der Waals surface area contributed by atoms with Crippen molar-refractivity contribution >= 4 is 27.5 Å². The molecule has 2 amide bonds. The number of rotatable bonds is 11. The van der Waals surface area contributed by atoms with Gasteiger partial charge in [0.15, 0.2) is 0 Å². The number of hydrogen-bond acceptors (Lipinski definition) is 4. The van der Waals surface area contributed by atoms with Gasteiger partial charge in [-0.3, -0.25) is 13.9 Å². The van der Waals surface area contributed by atoms with E-state index in [1.54, 1.807) is 44.2 Å². The molecule has 0 saturated heterocycles. The molecule has 0 aliphatic carbocycles. The Labute approximate surface area is 237 Å². The fraction of sp³-hybridized carbons (Fsp3) is 0.355. The van der Waals surface area contributed by atoms with Gasteiger partial charge in [0, 0.05) is 13.1 Å². The van der Waals surface area contributed by atoms with E-state index in [9.17, 15) is 22.4 Å². The molecule has 0 heterocycles. The van der Waals surface area contributed by atoms with E-state index in [-0.39, 0.29) is 23.3 Å². The third kappa shape index (κ3) is 7.69. The first-order valence-electron chi connectivity index (χ1n) is 13.3. The Morgan fingerprint density at radius 1 is 0.875 bits per heavy atom. The molecule has 0 spiro atoms. The van der Waals surface area contributed by atoms with Gasteiger partial charge in [0.25, 0.3) is 10.0 Å². The SMILES string of the molecule is Cc1ccc(S(=O)(=O)N(CC(=O)N(Cc2ccc(F)cc2)[C@H](C)C(=O)NCC(C)C)c2cc(C)ccc2C)cc1. The standard InChI is InChI=1S/C31H38FN3O4S/c1-21(2)18-33-31(37)25(6)34(19-26-11-13-27(32)14-12-26)30(36)20-35(29-17-23(4)7-10-24(29)5)40(38,39)28-15-8-22(3)9-16-28/h7-17,21,25H,18-20H2,1-6H3,(H,33,37)/t25-/m1/s1. The predicted molar refractivity (Wildman–Crippen MR) is 156 cm³/mol. The van der Waals surface area contributed by atoms with E-state index in [2.05, 4.69) is 5.32 Å². The summed E-state index contributed by atoms with van der Waals surface area (Å²) in [6.07, 6.45) is 0. The van der Waals surface area contributed by atoms with Gasteiger partial charge in [0.05, 0.1) is 10.6 Å². The number of nitrogens with zero attached hydrogens (tertiary/aromatic N) is 2. The van der Waals surface area contributed by atoms with Crippen LogP contribution in [0.25, 0.3) is 0 Å². The van der Waals surface area contributed by atoms with E-state index in [0.717, 1.165) is 15.4 Å². The molecule has 9 heteroatoms. The molecule has 0 fully saturated rings. The molecule has 0 radical (unpaired) electrons. The van der Waals surface area contributed by atoms with E-state index in [0.29, 0.717) is 23.4 Å². The molecule has 3 aromatic carbocycles. The van der Waals surface area contributed by atoms with Crippen LogP contribution >= 0.6 is 0 Å². The number of benzene rings is 3. The molecule has 1 atom stereocenters. The number of nitrogens with one attached hydrogen (secondary N) is 1. The van der Waals surface area contributed by atoms with Crippen molar-refractivity contribution < 1.29 is 22.4 Å². The zero-order valence-corrected chi connectivity index (χ0v) is 24.8. The van der Waals surface area contributed by atoms with Crippen LogP contribution in [0.5, 0.6) is 0 Å². The van der Waals surface area contributed by atoms with E-state index < -0.39 is 34.3 Å². The summed E-state index contributed by atoms with van der Waals surface area (Å²) in [6, 6.07) is 16.6. The maximum Gasteiger partial charge on any atom is 0.264 e. The topological polar surface area (TPSA) is 86.8 Å². The second-order valence-corrected chi connectivity index (χ2v) is 12.4. The minimum atomic E-state index is -4.15. The first kappa shape index (κ1) is 30.8. The molecule has 0 aromatic heterocycles. The lowest BCUT2D eigenvalue weighted by Crippen LogP contribution is -2.51. The first-order valence-corrected chi connectivity index (χ1v) is 14.7. The Hall–Kier alpha value is -3.72. The Kier molecular flexibility index (Phi) is 10.1. The highest BCUT2D eigenvalue weighted by Gasteiger charge is 2.33. The first-order chi connectivity index (χ1) is 18.8. The van der Waals surface area contributed by atoms with Gasteiger partial charge >= 0.3 is 0 Å². The highest BCUT2D eigenvalue weighted by molar-refractivity contribution is 7.92. The minimum Gasteiger partial charge on any atom is -0.354 e. The largest absolute Gasteiger partial charge is 0.354 e. The van der Waals surface area contributed by atoms with Crippen LogP contribution in [0.15, 0.2) is 71.6 Å². The monoisotopic (exact) mass is 567 g/mol. The number of carbonyl (C=O) groups excluding carboxylic acids is 2. The molecule has 40 heavy (non-hydrogen) atoms. The summed E-state index contributed by atoms with van der Waals surface area (Å²) < 4.78 is 42.6. The summed E-state index contributed by atoms with van der Waals surface area (Å²) in [5.74, 6) is -1.14. The van der Waals surface area contributed by atoms with E-state index in [1.165, 1.54) is 29.2 Å². The average Bonchev–Trinajstić information content (AvgIpc) is 2.91. The normalized spacial score (nSPS) is 12.2. The maximum absolute atomic E-state index is 14.0. The van der Waals surface area contributed by atoms with Crippen molar-refractivity contribution in [3.63, 3.8) is 0 Å². The quantitative estimate of drug-likeness (QED) is 0.348. The van der Waals surface area contributed by atoms with Gasteiger partial charge in [-0.05, 0) is 80.6 Å². The van der Waals surface area contributed by atoms with Crippen LogP contribution in [0.2, 0.25) is 0 Å². The number of anilines is 1. The molecule has 0 aliphatic heterocycles. The second-order valence-electron chi connectivity index (χ2n) is 10.6. The lowest BCUT2D eigenvalue weighted by Gasteiger charge is -2.32. The fourth-order valence-corrected chi connectivity index (χ4v) is 5.63. The lowest BCUT2D eigenvalue weighted by molar-refractivity contribution is -0.139. The van der Waals surface area contributed by atoms with Gasteiger partial charge < -0.3 is 10.2 Å². The van der Waals surface area contributed by atoms with Crippen molar-refractivity contribution in [2.24, 2.45) is 5.92 Å². The molecule has 0 saturated carbocycles. The Morgan fingerprint density at radius 2 is 1.48 bits per heavy atom. The van der Waals surface area contributed by atoms with Gasteiger partial charge in [0.1, 0.15) is 18.4 Å². The summed E-state index contributed by atoms with van der Waals surface area (Å²) >= 11 is 0. The molecule has 0 unspecified atom stereocenters. The molecule has 3 aromatic rings. The van der Waals surface area contributed by atoms with Gasteiger partial charge in [0.2, 0.25) is 11.8 Å². The third-order valence-electron chi connectivity index (χ3n) is 6.64. The van der Waals surface area contributed by atoms with E-state index >= 15 is 0 Å². The molecule has 3 rings (SSSR count). The van der Waals surface area contributed by atoms with Crippen molar-refractivity contribution in [1.29, 1.82) is 0 Å². The molecule has 0 bridgehead atoms. The molecular formula is C31H38FN3O4S. The van der Waals surface area contributed by atoms with Crippen LogP contribution in [0, 0.1) is 32.5 Å². The summed E-state index contributed by atoms with van der Waals surface area (Å²) in [6.45, 7) is 10.9. The smallest absolute Gasteiger partial charge is 0.264 e. The highest BCUT2D eigenvalue weighted by atomic mass is 32.2. The van der Waals surface area contributed by atoms with Gasteiger partial charge in [-0.25, -0.2) is 12.8 Å². The van der Waals surface area contributed by atoms with Crippen LogP contribution in [0.4, 0.5) is 10.1 Å². The van der Waals surface area contributed by atoms with Gasteiger partial charge in [-0.15, -0.1) is 0 Å². The third-order valence-corrected chi connectivity index (χ3v) is 8.41. The van der Waals surface area contributed by atoms with Gasteiger partial charge in [-0.2, -0.15) is 0 Å². The zero-order valence-electron chi connectivity index (χ0n) is 23.9. The molecule has 0 aliphatic rings. The predicted octanol–water partition coefficient (Wildman–Crippen LogP) is 5.14. The molecule has 7 nitrogen and oxygen atoms in total. The molecular weight excluding hydrogens is 529 g/mol. The Morgan fingerprint density at radius 3 is 2.08 bits per heavy atom. The number of hydrogen-bond donors (Lipinski definition) is 1. The van der Waals surface area contributed by atoms with Crippen molar-refractivity contribution in [3.05, 3.63) is 94.8 Å². The number of carbonyl (C=O) groups is 2. The van der Waals surface area contributed by atoms with Crippen LogP contribution in [-0.2, 0) is 26.2 Å². The van der Waals surface area contributed by atoms with Crippen LogP contribution < -0.4 is 9.62 Å². The summed E-state index contributed by atoms with van der Waals surface area (Å²) in [4.78, 5) is 28.4. The number of aryl methyl sites for hydroxylation is 3. The van der Waals surface area contributed by atoms with Crippen LogP contribution in [0.3, 0.4) is 0 Å². The van der Waals surface area contributed by atoms with Crippen LogP contribution in [0.1, 0.15) is 43.0 Å². The van der Waals surface area contributed by atoms with Crippen molar-refractivity contribution in [2.75, 3.05) is 17.4 Å². The Balaban J connectivity index is 2.05. The molecule has 214 valence electrons.